The van der Waals surface area contributed by atoms with Crippen LogP contribution in [0.2, 0.25) is 0 Å². The number of hydrogen-bond donors (Lipinski definition) is 2. The van der Waals surface area contributed by atoms with E-state index in [1.54, 1.807) is 0 Å². The van der Waals surface area contributed by atoms with Crippen molar-refractivity contribution in [3.05, 3.63) is 0 Å². The van der Waals surface area contributed by atoms with Crippen LogP contribution in [-0.2, 0) is 0 Å². The van der Waals surface area contributed by atoms with Gasteiger partial charge in [0.1, 0.15) is 0 Å². The van der Waals surface area contributed by atoms with Crippen molar-refractivity contribution in [1.29, 1.82) is 0 Å². The average molecular weight is 285 g/mol. The van der Waals surface area contributed by atoms with Gasteiger partial charge in [-0.2, -0.15) is 0 Å². The number of hydrogen-bond acceptors (Lipinski definition) is 4. The van der Waals surface area contributed by atoms with Crippen LogP contribution in [0.15, 0.2) is 0 Å². The van der Waals surface area contributed by atoms with Crippen LogP contribution in [0.1, 0.15) is 40.0 Å². The number of piperazine rings is 1. The number of aliphatic hydroxyl groups is 1. The quantitative estimate of drug-likeness (QED) is 0.595. The zero-order chi connectivity index (χ0) is 14.8. The minimum absolute atomic E-state index is 0.287. The predicted octanol–water partition coefficient (Wildman–Crippen LogP) is 1.40. The molecule has 20 heavy (non-hydrogen) atoms. The first kappa shape index (κ1) is 17.9. The average Bonchev–Trinajstić information content (AvgIpc) is 2.49. The lowest BCUT2D eigenvalue weighted by Gasteiger charge is -2.41. The third-order valence-electron chi connectivity index (χ3n) is 4.87. The summed E-state index contributed by atoms with van der Waals surface area (Å²) >= 11 is 0. The summed E-state index contributed by atoms with van der Waals surface area (Å²) in [6.45, 7) is 16.0. The van der Waals surface area contributed by atoms with Gasteiger partial charge in [-0.1, -0.05) is 20.8 Å². The molecule has 1 aliphatic heterocycles. The minimum atomic E-state index is 0.287. The second-order valence-corrected chi connectivity index (χ2v) is 6.23. The molecule has 0 amide bonds. The van der Waals surface area contributed by atoms with Crippen LogP contribution in [0.3, 0.4) is 0 Å². The number of nitrogens with one attached hydrogen (secondary N) is 1. The van der Waals surface area contributed by atoms with Gasteiger partial charge < -0.3 is 15.3 Å². The molecule has 0 saturated carbocycles. The van der Waals surface area contributed by atoms with Crippen LogP contribution in [0.5, 0.6) is 0 Å². The molecule has 0 aliphatic carbocycles. The summed E-state index contributed by atoms with van der Waals surface area (Å²) in [6.07, 6.45) is 3.71. The van der Waals surface area contributed by atoms with Gasteiger partial charge in [-0.05, 0) is 31.2 Å². The Balaban J connectivity index is 2.41. The number of aliphatic hydroxyl groups excluding tert-OH is 1. The molecule has 4 nitrogen and oxygen atoms in total. The second-order valence-electron chi connectivity index (χ2n) is 6.23. The Bertz CT molecular complexity index is 236. The van der Waals surface area contributed by atoms with Crippen molar-refractivity contribution in [3.8, 4) is 0 Å². The van der Waals surface area contributed by atoms with Gasteiger partial charge in [0.25, 0.3) is 0 Å². The molecular weight excluding hydrogens is 250 g/mol. The molecule has 0 bridgehead atoms. The van der Waals surface area contributed by atoms with Crippen LogP contribution >= 0.6 is 0 Å². The fourth-order valence-electron chi connectivity index (χ4n) is 3.10. The highest BCUT2D eigenvalue weighted by molar-refractivity contribution is 4.85. The molecule has 1 heterocycles. The third-order valence-corrected chi connectivity index (χ3v) is 4.87. The first-order valence-electron chi connectivity index (χ1n) is 8.46. The van der Waals surface area contributed by atoms with Gasteiger partial charge in [-0.25, -0.2) is 0 Å². The molecule has 1 aliphatic rings. The van der Waals surface area contributed by atoms with Gasteiger partial charge in [-0.3, -0.25) is 4.90 Å². The summed E-state index contributed by atoms with van der Waals surface area (Å²) in [5.74, 6) is 0. The summed E-state index contributed by atoms with van der Waals surface area (Å²) in [7, 11) is 0. The molecule has 2 N–H and O–H groups in total. The molecule has 0 spiro atoms. The molecule has 1 saturated heterocycles. The predicted molar refractivity (Wildman–Crippen MR) is 86.1 cm³/mol. The highest BCUT2D eigenvalue weighted by atomic mass is 16.3. The molecule has 4 heteroatoms. The van der Waals surface area contributed by atoms with Crippen LogP contribution in [0.4, 0.5) is 0 Å². The minimum Gasteiger partial charge on any atom is -0.395 e. The number of nitrogens with zero attached hydrogens (tertiary/aromatic N) is 2. The van der Waals surface area contributed by atoms with E-state index in [9.17, 15) is 0 Å². The van der Waals surface area contributed by atoms with Crippen molar-refractivity contribution in [2.45, 2.75) is 40.0 Å². The molecule has 0 aromatic heterocycles. The number of rotatable bonds is 10. The van der Waals surface area contributed by atoms with Crippen molar-refractivity contribution in [2.75, 3.05) is 59.0 Å². The first-order valence-corrected chi connectivity index (χ1v) is 8.46. The molecular formula is C16H35N3O. The zero-order valence-corrected chi connectivity index (χ0v) is 13.8. The Hall–Kier alpha value is -0.160. The lowest BCUT2D eigenvalue weighted by molar-refractivity contribution is 0.0703. The van der Waals surface area contributed by atoms with Crippen LogP contribution < -0.4 is 5.32 Å². The standard InChI is InChI=1S/C16H35N3O/c1-4-7-17-14-16(5-2,6-3)15-19-10-8-18(9-11-19)12-13-20/h17,20H,4-15H2,1-3H3. The molecule has 0 radical (unpaired) electrons. The van der Waals surface area contributed by atoms with Gasteiger partial charge in [0, 0.05) is 45.8 Å². The van der Waals surface area contributed by atoms with Gasteiger partial charge in [0.2, 0.25) is 0 Å². The smallest absolute Gasteiger partial charge is 0.0558 e. The van der Waals surface area contributed by atoms with E-state index in [-0.39, 0.29) is 6.61 Å². The maximum absolute atomic E-state index is 9.00. The van der Waals surface area contributed by atoms with Crippen LogP contribution in [0.25, 0.3) is 0 Å². The summed E-state index contributed by atoms with van der Waals surface area (Å²) in [5.41, 5.74) is 0.425. The van der Waals surface area contributed by atoms with E-state index in [1.165, 1.54) is 25.8 Å². The fraction of sp³-hybridized carbons (Fsp3) is 1.00. The van der Waals surface area contributed by atoms with E-state index < -0.39 is 0 Å². The largest absolute Gasteiger partial charge is 0.395 e. The van der Waals surface area contributed by atoms with Crippen LogP contribution in [0, 0.1) is 5.41 Å². The van der Waals surface area contributed by atoms with E-state index in [0.29, 0.717) is 5.41 Å². The van der Waals surface area contributed by atoms with E-state index in [4.69, 9.17) is 5.11 Å². The molecule has 0 aromatic carbocycles. The lowest BCUT2D eigenvalue weighted by atomic mass is 9.81. The number of β-amino-alcohol motifs (C(OH)–C–C–N with tert-alkyl or cyclic N) is 1. The Kier molecular flexibility index (Phi) is 8.69. The van der Waals surface area contributed by atoms with Crippen molar-refractivity contribution < 1.29 is 5.11 Å². The zero-order valence-electron chi connectivity index (χ0n) is 13.8. The van der Waals surface area contributed by atoms with Gasteiger partial charge in [0.05, 0.1) is 6.61 Å². The molecule has 0 aromatic rings. The van der Waals surface area contributed by atoms with Crippen molar-refractivity contribution >= 4 is 0 Å². The van der Waals surface area contributed by atoms with Gasteiger partial charge in [-0.15, -0.1) is 0 Å². The van der Waals surface area contributed by atoms with Crippen molar-refractivity contribution in [2.24, 2.45) is 5.41 Å². The molecule has 1 rings (SSSR count). The SMILES string of the molecule is CCCNCC(CC)(CC)CN1CCN(CCO)CC1. The highest BCUT2D eigenvalue weighted by Crippen LogP contribution is 2.27. The maximum Gasteiger partial charge on any atom is 0.0558 e. The Labute approximate surface area is 125 Å². The normalized spacial score (nSPS) is 18.6. The highest BCUT2D eigenvalue weighted by Gasteiger charge is 2.29. The Morgan fingerprint density at radius 3 is 2.10 bits per heavy atom. The van der Waals surface area contributed by atoms with E-state index in [2.05, 4.69) is 35.9 Å². The van der Waals surface area contributed by atoms with Crippen molar-refractivity contribution in [3.63, 3.8) is 0 Å². The summed E-state index contributed by atoms with van der Waals surface area (Å²) in [4.78, 5) is 4.99. The van der Waals surface area contributed by atoms with Gasteiger partial charge in [0.15, 0.2) is 0 Å². The Morgan fingerprint density at radius 2 is 1.60 bits per heavy atom. The monoisotopic (exact) mass is 285 g/mol. The summed E-state index contributed by atoms with van der Waals surface area (Å²) < 4.78 is 0. The Morgan fingerprint density at radius 1 is 1.00 bits per heavy atom. The topological polar surface area (TPSA) is 38.7 Å². The van der Waals surface area contributed by atoms with Crippen LogP contribution in [-0.4, -0.2) is 73.9 Å². The summed E-state index contributed by atoms with van der Waals surface area (Å²) in [6, 6.07) is 0. The van der Waals surface area contributed by atoms with Crippen molar-refractivity contribution in [1.82, 2.24) is 15.1 Å². The van der Waals surface area contributed by atoms with E-state index in [0.717, 1.165) is 45.8 Å². The third kappa shape index (κ3) is 5.68. The lowest BCUT2D eigenvalue weighted by Crippen LogP contribution is -2.52. The molecule has 120 valence electrons. The summed E-state index contributed by atoms with van der Waals surface area (Å²) in [5, 5.41) is 12.6. The first-order chi connectivity index (χ1) is 9.69. The molecule has 0 atom stereocenters. The van der Waals surface area contributed by atoms with E-state index >= 15 is 0 Å². The van der Waals surface area contributed by atoms with E-state index in [1.807, 2.05) is 0 Å². The maximum atomic E-state index is 9.00. The molecule has 1 fully saturated rings. The fourth-order valence-corrected chi connectivity index (χ4v) is 3.10. The molecule has 0 unspecified atom stereocenters. The van der Waals surface area contributed by atoms with Gasteiger partial charge >= 0.3 is 0 Å². The second kappa shape index (κ2) is 9.72.